The Morgan fingerprint density at radius 3 is 2.14 bits per heavy atom. The van der Waals surface area contributed by atoms with Crippen LogP contribution >= 0.6 is 0 Å². The van der Waals surface area contributed by atoms with Gasteiger partial charge in [-0.15, -0.1) is 0 Å². The van der Waals surface area contributed by atoms with Crippen LogP contribution in [0.5, 0.6) is 0 Å². The van der Waals surface area contributed by atoms with Crippen LogP contribution in [0, 0.1) is 5.92 Å². The number of hydrogen-bond donors (Lipinski definition) is 3. The Morgan fingerprint density at radius 2 is 1.61 bits per heavy atom. The maximum atomic E-state index is 13.1. The van der Waals surface area contributed by atoms with Crippen LogP contribution in [-0.4, -0.2) is 75.9 Å². The maximum absolute atomic E-state index is 13.1. The predicted octanol–water partition coefficient (Wildman–Crippen LogP) is -0.0689. The Labute approximate surface area is 165 Å². The number of carbonyl (C=O) groups is 4. The molecule has 0 aromatic heterocycles. The highest BCUT2D eigenvalue weighted by Crippen LogP contribution is 2.25. The molecule has 0 spiro atoms. The smallest absolute Gasteiger partial charge is 0.326 e. The highest BCUT2D eigenvalue weighted by molar-refractivity contribution is 5.94. The number of likely N-dealkylation sites (tertiary alicyclic amines) is 2. The molecular formula is C19H32N4O5. The van der Waals surface area contributed by atoms with Crippen molar-refractivity contribution in [1.82, 2.24) is 15.1 Å². The highest BCUT2D eigenvalue weighted by Gasteiger charge is 2.43. The third-order valence-electron chi connectivity index (χ3n) is 5.37. The van der Waals surface area contributed by atoms with E-state index in [0.29, 0.717) is 38.8 Å². The van der Waals surface area contributed by atoms with Crippen LogP contribution in [0.1, 0.15) is 52.9 Å². The van der Waals surface area contributed by atoms with Crippen LogP contribution in [0.2, 0.25) is 0 Å². The molecule has 4 N–H and O–H groups in total. The van der Waals surface area contributed by atoms with Gasteiger partial charge in [-0.05, 0) is 44.9 Å². The van der Waals surface area contributed by atoms with Gasteiger partial charge in [-0.2, -0.15) is 0 Å². The van der Waals surface area contributed by atoms with Gasteiger partial charge in [-0.3, -0.25) is 14.4 Å². The highest BCUT2D eigenvalue weighted by atomic mass is 16.4. The monoisotopic (exact) mass is 396 g/mol. The SMILES string of the molecule is CC(C)CC(NC(=O)C1CCCN1C(=O)C1CCCN1C(=O)C(C)N)C(=O)O. The molecule has 9 heteroatoms. The summed E-state index contributed by atoms with van der Waals surface area (Å²) < 4.78 is 0. The lowest BCUT2D eigenvalue weighted by atomic mass is 10.0. The second kappa shape index (κ2) is 9.36. The lowest BCUT2D eigenvalue weighted by Gasteiger charge is -2.32. The fraction of sp³-hybridized carbons (Fsp3) is 0.789. The quantitative estimate of drug-likeness (QED) is 0.552. The molecule has 0 saturated carbocycles. The Balaban J connectivity index is 2.08. The lowest BCUT2D eigenvalue weighted by Crippen LogP contribution is -2.56. The van der Waals surface area contributed by atoms with Crippen LogP contribution in [-0.2, 0) is 19.2 Å². The molecule has 4 atom stereocenters. The molecule has 3 amide bonds. The Bertz CT molecular complexity index is 621. The predicted molar refractivity (Wildman–Crippen MR) is 102 cm³/mol. The molecule has 4 unspecified atom stereocenters. The van der Waals surface area contributed by atoms with E-state index >= 15 is 0 Å². The van der Waals surface area contributed by atoms with Crippen molar-refractivity contribution in [3.8, 4) is 0 Å². The molecule has 2 fully saturated rings. The van der Waals surface area contributed by atoms with Gasteiger partial charge in [0.1, 0.15) is 18.1 Å². The van der Waals surface area contributed by atoms with Gasteiger partial charge in [-0.25, -0.2) is 4.79 Å². The number of amides is 3. The maximum Gasteiger partial charge on any atom is 0.326 e. The van der Waals surface area contributed by atoms with Gasteiger partial charge in [0.15, 0.2) is 0 Å². The second-order valence-corrected chi connectivity index (χ2v) is 8.20. The zero-order valence-electron chi connectivity index (χ0n) is 16.9. The van der Waals surface area contributed by atoms with E-state index < -0.39 is 36.0 Å². The molecule has 0 aromatic rings. The summed E-state index contributed by atoms with van der Waals surface area (Å²) in [6.45, 7) is 6.27. The van der Waals surface area contributed by atoms with Crippen molar-refractivity contribution in [2.24, 2.45) is 11.7 Å². The molecule has 158 valence electrons. The van der Waals surface area contributed by atoms with E-state index in [4.69, 9.17) is 5.73 Å². The molecule has 0 bridgehead atoms. The first kappa shape index (κ1) is 22.1. The molecule has 0 aromatic carbocycles. The number of carboxylic acids is 1. The van der Waals surface area contributed by atoms with Gasteiger partial charge in [0, 0.05) is 13.1 Å². The van der Waals surface area contributed by atoms with Crippen LogP contribution in [0.4, 0.5) is 0 Å². The summed E-state index contributed by atoms with van der Waals surface area (Å²) in [6, 6.07) is -2.96. The zero-order valence-corrected chi connectivity index (χ0v) is 16.9. The average molecular weight is 396 g/mol. The normalized spacial score (nSPS) is 24.3. The zero-order chi connectivity index (χ0) is 21.0. The lowest BCUT2D eigenvalue weighted by molar-refractivity contribution is -0.148. The molecule has 28 heavy (non-hydrogen) atoms. The second-order valence-electron chi connectivity index (χ2n) is 8.20. The summed E-state index contributed by atoms with van der Waals surface area (Å²) in [5, 5.41) is 11.9. The van der Waals surface area contributed by atoms with Crippen LogP contribution in [0.25, 0.3) is 0 Å². The summed E-state index contributed by atoms with van der Waals surface area (Å²) in [4.78, 5) is 52.6. The fourth-order valence-electron chi connectivity index (χ4n) is 4.00. The van der Waals surface area contributed by atoms with Crippen molar-refractivity contribution in [2.45, 2.75) is 77.0 Å². The van der Waals surface area contributed by atoms with Crippen molar-refractivity contribution >= 4 is 23.7 Å². The van der Waals surface area contributed by atoms with E-state index in [1.807, 2.05) is 13.8 Å². The van der Waals surface area contributed by atoms with E-state index in [0.717, 1.165) is 6.42 Å². The molecule has 2 rings (SSSR count). The number of carboxylic acid groups (broad SMARTS) is 1. The molecular weight excluding hydrogens is 364 g/mol. The first-order valence-corrected chi connectivity index (χ1v) is 10.0. The van der Waals surface area contributed by atoms with Gasteiger partial charge in [-0.1, -0.05) is 13.8 Å². The molecule has 2 aliphatic heterocycles. The Morgan fingerprint density at radius 1 is 1.04 bits per heavy atom. The minimum Gasteiger partial charge on any atom is -0.480 e. The fourth-order valence-corrected chi connectivity index (χ4v) is 4.00. The number of nitrogens with one attached hydrogen (secondary N) is 1. The van der Waals surface area contributed by atoms with E-state index in [9.17, 15) is 24.3 Å². The van der Waals surface area contributed by atoms with E-state index in [-0.39, 0.29) is 17.7 Å². The largest absolute Gasteiger partial charge is 0.480 e. The van der Waals surface area contributed by atoms with Crippen LogP contribution in [0.3, 0.4) is 0 Å². The topological polar surface area (TPSA) is 133 Å². The molecule has 9 nitrogen and oxygen atoms in total. The van der Waals surface area contributed by atoms with E-state index in [1.54, 1.807) is 6.92 Å². The van der Waals surface area contributed by atoms with Crippen molar-refractivity contribution in [3.63, 3.8) is 0 Å². The minimum absolute atomic E-state index is 0.110. The Hall–Kier alpha value is -2.16. The summed E-state index contributed by atoms with van der Waals surface area (Å²) >= 11 is 0. The van der Waals surface area contributed by atoms with Crippen molar-refractivity contribution in [3.05, 3.63) is 0 Å². The number of nitrogens with zero attached hydrogens (tertiary/aromatic N) is 2. The number of aliphatic carboxylic acids is 1. The molecule has 2 heterocycles. The van der Waals surface area contributed by atoms with E-state index in [2.05, 4.69) is 5.32 Å². The third kappa shape index (κ3) is 5.01. The first-order valence-electron chi connectivity index (χ1n) is 10.0. The van der Waals surface area contributed by atoms with Gasteiger partial charge in [0.25, 0.3) is 0 Å². The standard InChI is InChI=1S/C19H32N4O5/c1-11(2)10-13(19(27)28)21-16(24)14-6-4-8-22(14)18(26)15-7-5-9-23(15)17(25)12(3)20/h11-15H,4-10,20H2,1-3H3,(H,21,24)(H,27,28). The summed E-state index contributed by atoms with van der Waals surface area (Å²) in [5.74, 6) is -1.93. The molecule has 0 aliphatic carbocycles. The van der Waals surface area contributed by atoms with Crippen molar-refractivity contribution in [1.29, 1.82) is 0 Å². The number of carbonyl (C=O) groups excluding carboxylic acids is 3. The van der Waals surface area contributed by atoms with Gasteiger partial charge < -0.3 is 26.0 Å². The van der Waals surface area contributed by atoms with Crippen molar-refractivity contribution in [2.75, 3.05) is 13.1 Å². The van der Waals surface area contributed by atoms with Crippen LogP contribution < -0.4 is 11.1 Å². The summed E-state index contributed by atoms with van der Waals surface area (Å²) in [6.07, 6.45) is 2.74. The first-order chi connectivity index (χ1) is 13.1. The third-order valence-corrected chi connectivity index (χ3v) is 5.37. The summed E-state index contributed by atoms with van der Waals surface area (Å²) in [7, 11) is 0. The molecule has 0 radical (unpaired) electrons. The van der Waals surface area contributed by atoms with Crippen molar-refractivity contribution < 1.29 is 24.3 Å². The Kier molecular flexibility index (Phi) is 7.40. The van der Waals surface area contributed by atoms with E-state index in [1.165, 1.54) is 9.80 Å². The molecule has 2 aliphatic rings. The summed E-state index contributed by atoms with van der Waals surface area (Å²) in [5.41, 5.74) is 5.69. The minimum atomic E-state index is -1.08. The van der Waals surface area contributed by atoms with Gasteiger partial charge in [0.2, 0.25) is 17.7 Å². The van der Waals surface area contributed by atoms with Gasteiger partial charge in [0.05, 0.1) is 6.04 Å². The number of hydrogen-bond acceptors (Lipinski definition) is 5. The van der Waals surface area contributed by atoms with Crippen LogP contribution in [0.15, 0.2) is 0 Å². The number of nitrogens with two attached hydrogens (primary N) is 1. The number of rotatable bonds is 7. The molecule has 2 saturated heterocycles. The average Bonchev–Trinajstić information content (AvgIpc) is 3.28. The van der Waals surface area contributed by atoms with Gasteiger partial charge >= 0.3 is 5.97 Å².